The van der Waals surface area contributed by atoms with Crippen molar-refractivity contribution in [2.75, 3.05) is 38.2 Å². The molecule has 3 nitrogen and oxygen atoms in total. The quantitative estimate of drug-likeness (QED) is 0.713. The summed E-state index contributed by atoms with van der Waals surface area (Å²) >= 11 is 0. The number of hydrogen-bond donors (Lipinski definition) is 0. The Bertz CT molecular complexity index is 831. The molecule has 0 spiro atoms. The number of ether oxygens (including phenoxy) is 1. The summed E-state index contributed by atoms with van der Waals surface area (Å²) in [6, 6.07) is 23.7. The summed E-state index contributed by atoms with van der Waals surface area (Å²) in [7, 11) is 1.71. The standard InChI is InChI=1S/C22H24N2O/c1-25-21-11-9-20(10-12-21)24-15-13-23(14-16-24)17-19-7-4-6-18-5-2-3-8-22(18)19/h2-12H,13-17H2,1H3. The van der Waals surface area contributed by atoms with E-state index in [1.807, 2.05) is 12.1 Å². The molecule has 0 unspecified atom stereocenters. The van der Waals surface area contributed by atoms with Crippen LogP contribution in [0.1, 0.15) is 5.56 Å². The highest BCUT2D eigenvalue weighted by Crippen LogP contribution is 2.23. The summed E-state index contributed by atoms with van der Waals surface area (Å²) in [5.41, 5.74) is 2.71. The van der Waals surface area contributed by atoms with Gasteiger partial charge in [0.25, 0.3) is 0 Å². The number of methoxy groups -OCH3 is 1. The molecule has 3 aromatic rings. The highest BCUT2D eigenvalue weighted by Gasteiger charge is 2.18. The summed E-state index contributed by atoms with van der Waals surface area (Å²) < 4.78 is 5.25. The zero-order chi connectivity index (χ0) is 17.1. The molecule has 0 aliphatic carbocycles. The van der Waals surface area contributed by atoms with Crippen LogP contribution in [0.3, 0.4) is 0 Å². The van der Waals surface area contributed by atoms with Gasteiger partial charge in [-0.1, -0.05) is 42.5 Å². The van der Waals surface area contributed by atoms with E-state index in [4.69, 9.17) is 4.74 Å². The first-order chi connectivity index (χ1) is 12.3. The Morgan fingerprint density at radius 1 is 0.800 bits per heavy atom. The molecule has 0 radical (unpaired) electrons. The van der Waals surface area contributed by atoms with Crippen molar-refractivity contribution >= 4 is 16.5 Å². The third kappa shape index (κ3) is 3.47. The maximum absolute atomic E-state index is 5.25. The second-order valence-corrected chi connectivity index (χ2v) is 6.60. The molecule has 0 aromatic heterocycles. The lowest BCUT2D eigenvalue weighted by Crippen LogP contribution is -2.45. The molecule has 1 saturated heterocycles. The zero-order valence-electron chi connectivity index (χ0n) is 14.7. The van der Waals surface area contributed by atoms with Gasteiger partial charge in [-0.05, 0) is 40.6 Å². The Morgan fingerprint density at radius 3 is 2.28 bits per heavy atom. The maximum atomic E-state index is 5.25. The third-order valence-corrected chi connectivity index (χ3v) is 5.08. The molecule has 1 aliphatic heterocycles. The molecule has 1 fully saturated rings. The Morgan fingerprint density at radius 2 is 1.52 bits per heavy atom. The first-order valence-electron chi connectivity index (χ1n) is 8.91. The van der Waals surface area contributed by atoms with E-state index in [9.17, 15) is 0 Å². The highest BCUT2D eigenvalue weighted by molar-refractivity contribution is 5.85. The van der Waals surface area contributed by atoms with Crippen molar-refractivity contribution in [1.82, 2.24) is 4.90 Å². The second-order valence-electron chi connectivity index (χ2n) is 6.60. The van der Waals surface area contributed by atoms with Gasteiger partial charge in [-0.25, -0.2) is 0 Å². The lowest BCUT2D eigenvalue weighted by molar-refractivity contribution is 0.250. The van der Waals surface area contributed by atoms with Crippen molar-refractivity contribution in [3.63, 3.8) is 0 Å². The summed E-state index contributed by atoms with van der Waals surface area (Å²) in [6.07, 6.45) is 0. The van der Waals surface area contributed by atoms with Crippen molar-refractivity contribution in [2.24, 2.45) is 0 Å². The molecule has 4 rings (SSSR count). The van der Waals surface area contributed by atoms with E-state index in [2.05, 4.69) is 64.4 Å². The molecule has 0 amide bonds. The lowest BCUT2D eigenvalue weighted by atomic mass is 10.0. The molecule has 0 N–H and O–H groups in total. The number of piperazine rings is 1. The van der Waals surface area contributed by atoms with Crippen LogP contribution in [0.4, 0.5) is 5.69 Å². The van der Waals surface area contributed by atoms with Crippen molar-refractivity contribution in [3.8, 4) is 5.75 Å². The summed E-state index contributed by atoms with van der Waals surface area (Å²) in [5, 5.41) is 2.71. The zero-order valence-corrected chi connectivity index (χ0v) is 14.7. The van der Waals surface area contributed by atoms with Crippen molar-refractivity contribution < 1.29 is 4.74 Å². The minimum atomic E-state index is 0.915. The molecule has 25 heavy (non-hydrogen) atoms. The van der Waals surface area contributed by atoms with Gasteiger partial charge in [-0.3, -0.25) is 4.90 Å². The predicted octanol–water partition coefficient (Wildman–Crippen LogP) is 4.17. The molecule has 0 bridgehead atoms. The Labute approximate surface area is 149 Å². The number of anilines is 1. The first-order valence-corrected chi connectivity index (χ1v) is 8.91. The molecular weight excluding hydrogens is 308 g/mol. The Hall–Kier alpha value is -2.52. The minimum absolute atomic E-state index is 0.915. The van der Waals surface area contributed by atoms with Gasteiger partial charge in [-0.2, -0.15) is 0 Å². The average Bonchev–Trinajstić information content (AvgIpc) is 2.69. The van der Waals surface area contributed by atoms with Crippen LogP contribution in [0.5, 0.6) is 5.75 Å². The smallest absolute Gasteiger partial charge is 0.119 e. The van der Waals surface area contributed by atoms with Crippen LogP contribution < -0.4 is 9.64 Å². The highest BCUT2D eigenvalue weighted by atomic mass is 16.5. The fourth-order valence-corrected chi connectivity index (χ4v) is 3.63. The third-order valence-electron chi connectivity index (χ3n) is 5.08. The van der Waals surface area contributed by atoms with Crippen LogP contribution in [0.15, 0.2) is 66.7 Å². The van der Waals surface area contributed by atoms with Gasteiger partial charge in [0.2, 0.25) is 0 Å². The summed E-state index contributed by atoms with van der Waals surface area (Å²) in [4.78, 5) is 5.01. The van der Waals surface area contributed by atoms with Crippen LogP contribution in [0.2, 0.25) is 0 Å². The normalized spacial score (nSPS) is 15.5. The molecule has 0 atom stereocenters. The molecule has 3 aromatic carbocycles. The van der Waals surface area contributed by atoms with E-state index in [1.54, 1.807) is 7.11 Å². The fourth-order valence-electron chi connectivity index (χ4n) is 3.63. The largest absolute Gasteiger partial charge is 0.497 e. The molecule has 0 saturated carbocycles. The van der Waals surface area contributed by atoms with Gasteiger partial charge < -0.3 is 9.64 Å². The van der Waals surface area contributed by atoms with Gasteiger partial charge >= 0.3 is 0 Å². The first kappa shape index (κ1) is 16.0. The molecule has 128 valence electrons. The van der Waals surface area contributed by atoms with Crippen LogP contribution in [-0.2, 0) is 6.54 Å². The van der Waals surface area contributed by atoms with Crippen molar-refractivity contribution in [1.29, 1.82) is 0 Å². The number of benzene rings is 3. The molecule has 1 heterocycles. The predicted molar refractivity (Wildman–Crippen MR) is 104 cm³/mol. The van der Waals surface area contributed by atoms with Gasteiger partial charge in [0, 0.05) is 38.4 Å². The minimum Gasteiger partial charge on any atom is -0.497 e. The lowest BCUT2D eigenvalue weighted by Gasteiger charge is -2.36. The van der Waals surface area contributed by atoms with Gasteiger partial charge in [0.15, 0.2) is 0 Å². The summed E-state index contributed by atoms with van der Waals surface area (Å²) in [5.74, 6) is 0.915. The summed E-state index contributed by atoms with van der Waals surface area (Å²) in [6.45, 7) is 5.34. The maximum Gasteiger partial charge on any atom is 0.119 e. The average molecular weight is 332 g/mol. The number of rotatable bonds is 4. The van der Waals surface area contributed by atoms with E-state index in [0.29, 0.717) is 0 Å². The monoisotopic (exact) mass is 332 g/mol. The van der Waals surface area contributed by atoms with E-state index in [-0.39, 0.29) is 0 Å². The van der Waals surface area contributed by atoms with Gasteiger partial charge in [-0.15, -0.1) is 0 Å². The number of hydrogen-bond acceptors (Lipinski definition) is 3. The van der Waals surface area contributed by atoms with Crippen molar-refractivity contribution in [2.45, 2.75) is 6.54 Å². The van der Waals surface area contributed by atoms with E-state index in [0.717, 1.165) is 38.5 Å². The van der Waals surface area contributed by atoms with Crippen LogP contribution in [-0.4, -0.2) is 38.2 Å². The SMILES string of the molecule is COc1ccc(N2CCN(Cc3cccc4ccccc34)CC2)cc1. The van der Waals surface area contributed by atoms with Crippen LogP contribution in [0.25, 0.3) is 10.8 Å². The van der Waals surface area contributed by atoms with E-state index in [1.165, 1.54) is 22.0 Å². The Balaban J connectivity index is 1.41. The Kier molecular flexibility index (Phi) is 4.57. The van der Waals surface area contributed by atoms with Gasteiger partial charge in [0.05, 0.1) is 7.11 Å². The van der Waals surface area contributed by atoms with Crippen LogP contribution in [0, 0.1) is 0 Å². The second kappa shape index (κ2) is 7.16. The fraction of sp³-hybridized carbons (Fsp3) is 0.273. The molecule has 3 heteroatoms. The molecular formula is C22H24N2O. The van der Waals surface area contributed by atoms with E-state index >= 15 is 0 Å². The van der Waals surface area contributed by atoms with Crippen LogP contribution >= 0.6 is 0 Å². The topological polar surface area (TPSA) is 15.7 Å². The van der Waals surface area contributed by atoms with E-state index < -0.39 is 0 Å². The molecule has 1 aliphatic rings. The number of nitrogens with zero attached hydrogens (tertiary/aromatic N) is 2. The number of fused-ring (bicyclic) bond motifs is 1. The van der Waals surface area contributed by atoms with Gasteiger partial charge in [0.1, 0.15) is 5.75 Å². The van der Waals surface area contributed by atoms with Crippen molar-refractivity contribution in [3.05, 3.63) is 72.3 Å².